The van der Waals surface area contributed by atoms with Crippen LogP contribution in [-0.4, -0.2) is 51.9 Å². The first-order valence-corrected chi connectivity index (χ1v) is 11.3. The highest BCUT2D eigenvalue weighted by Gasteiger charge is 2.25. The summed E-state index contributed by atoms with van der Waals surface area (Å²) in [5.41, 5.74) is 3.03. The lowest BCUT2D eigenvalue weighted by atomic mass is 10.1. The predicted octanol–water partition coefficient (Wildman–Crippen LogP) is 1.00. The van der Waals surface area contributed by atoms with Gasteiger partial charge in [0.05, 0.1) is 31.1 Å². The number of hydrogen-bond donors (Lipinski definition) is 2. The molecule has 0 aromatic heterocycles. The molecule has 1 aliphatic heterocycles. The van der Waals surface area contributed by atoms with E-state index in [1.54, 1.807) is 12.1 Å². The third kappa shape index (κ3) is 5.32. The van der Waals surface area contributed by atoms with Crippen molar-refractivity contribution in [2.24, 2.45) is 0 Å². The van der Waals surface area contributed by atoms with Gasteiger partial charge in [-0.25, -0.2) is 13.1 Å². The molecule has 2 N–H and O–H groups in total. The number of piperazine rings is 1. The number of quaternary nitrogens is 1. The zero-order valence-electron chi connectivity index (χ0n) is 16.7. The van der Waals surface area contributed by atoms with Crippen molar-refractivity contribution in [3.8, 4) is 0 Å². The summed E-state index contributed by atoms with van der Waals surface area (Å²) in [4.78, 5) is 16.3. The van der Waals surface area contributed by atoms with Crippen molar-refractivity contribution < 1.29 is 18.1 Å². The fourth-order valence-corrected chi connectivity index (χ4v) is 4.56. The minimum absolute atomic E-state index is 0.0917. The molecule has 0 radical (unpaired) electrons. The maximum atomic E-state index is 12.9. The van der Waals surface area contributed by atoms with Crippen LogP contribution < -0.4 is 9.62 Å². The topological polar surface area (TPSA) is 70.9 Å². The van der Waals surface area contributed by atoms with Crippen molar-refractivity contribution in [1.29, 1.82) is 0 Å². The second kappa shape index (κ2) is 9.35. The number of aryl methyl sites for hydroxylation is 1. The molecule has 6 nitrogen and oxygen atoms in total. The second-order valence-electron chi connectivity index (χ2n) is 7.31. The Labute approximate surface area is 172 Å². The van der Waals surface area contributed by atoms with E-state index in [0.29, 0.717) is 18.7 Å². The molecule has 3 rings (SSSR count). The van der Waals surface area contributed by atoms with E-state index >= 15 is 0 Å². The number of hydrogen-bond acceptors (Lipinski definition) is 3. The summed E-state index contributed by atoms with van der Waals surface area (Å²) in [5, 5.41) is 0. The molecule has 0 spiro atoms. The minimum Gasteiger partial charge on any atom is -0.328 e. The van der Waals surface area contributed by atoms with Crippen LogP contribution >= 0.6 is 0 Å². The fourth-order valence-electron chi connectivity index (χ4n) is 3.51. The van der Waals surface area contributed by atoms with Crippen LogP contribution in [0.4, 0.5) is 0 Å². The normalized spacial score (nSPS) is 15.3. The fraction of sp³-hybridized carbons (Fsp3) is 0.318. The number of nitrogens with zero attached hydrogens (tertiary/aromatic N) is 1. The molecule has 1 saturated heterocycles. The summed E-state index contributed by atoms with van der Waals surface area (Å²) in [5.74, 6) is -0.124. The van der Waals surface area contributed by atoms with Crippen LogP contribution in [0.5, 0.6) is 0 Å². The van der Waals surface area contributed by atoms with Gasteiger partial charge in [0.15, 0.2) is 0 Å². The smallest absolute Gasteiger partial charge is 0.254 e. The number of carbonyl (C=O) groups is 1. The van der Waals surface area contributed by atoms with Crippen LogP contribution in [-0.2, 0) is 16.6 Å². The summed E-state index contributed by atoms with van der Waals surface area (Å²) >= 11 is 0. The molecule has 0 bridgehead atoms. The van der Waals surface area contributed by atoms with E-state index in [4.69, 9.17) is 0 Å². The molecule has 1 amide bonds. The lowest BCUT2D eigenvalue weighted by Crippen LogP contribution is -3.13. The lowest BCUT2D eigenvalue weighted by Gasteiger charge is -2.32. The molecule has 1 fully saturated rings. The lowest BCUT2D eigenvalue weighted by molar-refractivity contribution is -0.917. The van der Waals surface area contributed by atoms with E-state index in [1.165, 1.54) is 34.2 Å². The van der Waals surface area contributed by atoms with E-state index in [1.807, 2.05) is 11.0 Å². The van der Waals surface area contributed by atoms with E-state index in [9.17, 15) is 13.2 Å². The van der Waals surface area contributed by atoms with Crippen molar-refractivity contribution in [1.82, 2.24) is 9.62 Å². The van der Waals surface area contributed by atoms with Gasteiger partial charge in [0.25, 0.3) is 5.91 Å². The Bertz CT molecular complexity index is 980. The van der Waals surface area contributed by atoms with Gasteiger partial charge in [0.2, 0.25) is 10.0 Å². The van der Waals surface area contributed by atoms with Gasteiger partial charge in [-0.3, -0.25) is 4.79 Å². The Kier molecular flexibility index (Phi) is 6.84. The Balaban J connectivity index is 1.63. The first-order valence-electron chi connectivity index (χ1n) is 9.78. The van der Waals surface area contributed by atoms with Crippen molar-refractivity contribution >= 4 is 15.9 Å². The number of rotatable bonds is 7. The second-order valence-corrected chi connectivity index (χ2v) is 9.08. The zero-order chi connectivity index (χ0) is 20.9. The van der Waals surface area contributed by atoms with Crippen LogP contribution in [0.15, 0.2) is 66.1 Å². The Hall–Kier alpha value is -2.48. The number of sulfonamides is 1. The summed E-state index contributed by atoms with van der Waals surface area (Å²) in [6.07, 6.45) is 1.48. The molecular formula is C22H28N3O3S+. The van der Waals surface area contributed by atoms with Crippen LogP contribution in [0.3, 0.4) is 0 Å². The number of amides is 1. The van der Waals surface area contributed by atoms with Gasteiger partial charge in [0, 0.05) is 17.7 Å². The average Bonchev–Trinajstić information content (AvgIpc) is 2.74. The molecule has 2 aromatic carbocycles. The molecule has 2 aromatic rings. The average molecular weight is 415 g/mol. The number of nitrogens with one attached hydrogen (secondary N) is 2. The third-order valence-electron chi connectivity index (χ3n) is 5.27. The van der Waals surface area contributed by atoms with E-state index in [-0.39, 0.29) is 17.3 Å². The quantitative estimate of drug-likeness (QED) is 0.664. The Morgan fingerprint density at radius 2 is 1.90 bits per heavy atom. The largest absolute Gasteiger partial charge is 0.328 e. The van der Waals surface area contributed by atoms with Gasteiger partial charge in [-0.2, -0.15) is 0 Å². The summed E-state index contributed by atoms with van der Waals surface area (Å²) in [6, 6.07) is 14.6. The monoisotopic (exact) mass is 414 g/mol. The molecule has 7 heteroatoms. The van der Waals surface area contributed by atoms with Crippen molar-refractivity contribution in [3.05, 3.63) is 77.9 Å². The van der Waals surface area contributed by atoms with Crippen LogP contribution in [0.25, 0.3) is 0 Å². The van der Waals surface area contributed by atoms with E-state index in [2.05, 4.69) is 36.4 Å². The van der Waals surface area contributed by atoms with Crippen molar-refractivity contribution in [2.75, 3.05) is 32.7 Å². The van der Waals surface area contributed by atoms with E-state index < -0.39 is 10.0 Å². The molecule has 29 heavy (non-hydrogen) atoms. The van der Waals surface area contributed by atoms with Crippen LogP contribution in [0.2, 0.25) is 0 Å². The van der Waals surface area contributed by atoms with Gasteiger partial charge in [-0.15, -0.1) is 6.58 Å². The Morgan fingerprint density at radius 1 is 1.17 bits per heavy atom. The van der Waals surface area contributed by atoms with E-state index in [0.717, 1.165) is 19.6 Å². The highest BCUT2D eigenvalue weighted by atomic mass is 32.2. The Morgan fingerprint density at radius 3 is 2.59 bits per heavy atom. The predicted molar refractivity (Wildman–Crippen MR) is 113 cm³/mol. The van der Waals surface area contributed by atoms with Crippen LogP contribution in [0, 0.1) is 6.92 Å². The van der Waals surface area contributed by atoms with Gasteiger partial charge < -0.3 is 9.80 Å². The maximum absolute atomic E-state index is 12.9. The molecule has 0 atom stereocenters. The van der Waals surface area contributed by atoms with Crippen LogP contribution in [0.1, 0.15) is 21.5 Å². The zero-order valence-corrected chi connectivity index (χ0v) is 17.5. The summed E-state index contributed by atoms with van der Waals surface area (Å²) in [7, 11) is -3.65. The number of benzene rings is 2. The van der Waals surface area contributed by atoms with Gasteiger partial charge >= 0.3 is 0 Å². The molecule has 0 unspecified atom stereocenters. The molecular weight excluding hydrogens is 386 g/mol. The van der Waals surface area contributed by atoms with Gasteiger partial charge in [0.1, 0.15) is 6.54 Å². The molecule has 154 valence electrons. The minimum atomic E-state index is -3.65. The van der Waals surface area contributed by atoms with Crippen molar-refractivity contribution in [2.45, 2.75) is 18.4 Å². The maximum Gasteiger partial charge on any atom is 0.254 e. The van der Waals surface area contributed by atoms with Gasteiger partial charge in [-0.05, 0) is 30.7 Å². The molecule has 1 heterocycles. The molecule has 1 aliphatic rings. The standard InChI is InChI=1S/C22H27N3O3S/c1-3-11-23-29(27,28)21-10-6-9-19(16-21)22(26)25-14-12-24(13-15-25)17-20-8-5-4-7-18(20)2/h3-10,16,23H,1,11-15,17H2,2H3/p+1. The molecule has 0 saturated carbocycles. The highest BCUT2D eigenvalue weighted by Crippen LogP contribution is 2.14. The SMILES string of the molecule is C=CCNS(=O)(=O)c1cccc(C(=O)N2CC[NH+](Cc3ccccc3C)CC2)c1. The third-order valence-corrected chi connectivity index (χ3v) is 6.69. The summed E-state index contributed by atoms with van der Waals surface area (Å²) in [6.45, 7) is 9.80. The first-order chi connectivity index (χ1) is 13.9. The molecule has 0 aliphatic carbocycles. The van der Waals surface area contributed by atoms with Crippen molar-refractivity contribution in [3.63, 3.8) is 0 Å². The first kappa shape index (κ1) is 21.2. The summed E-state index contributed by atoms with van der Waals surface area (Å²) < 4.78 is 27.0. The highest BCUT2D eigenvalue weighted by molar-refractivity contribution is 7.89. The van der Waals surface area contributed by atoms with Gasteiger partial charge in [-0.1, -0.05) is 36.4 Å². The number of carbonyl (C=O) groups excluding carboxylic acids is 1.